The lowest BCUT2D eigenvalue weighted by atomic mass is 9.68. The van der Waals surface area contributed by atoms with Crippen molar-refractivity contribution in [3.63, 3.8) is 0 Å². The van der Waals surface area contributed by atoms with Gasteiger partial charge in [-0.2, -0.15) is 9.13 Å². The van der Waals surface area contributed by atoms with E-state index in [2.05, 4.69) is 13.0 Å². The zero-order chi connectivity index (χ0) is 25.1. The average Bonchev–Trinajstić information content (AvgIpc) is 3.29. The van der Waals surface area contributed by atoms with Gasteiger partial charge in [0.2, 0.25) is 11.7 Å². The first-order valence-corrected chi connectivity index (χ1v) is 12.5. The van der Waals surface area contributed by atoms with Gasteiger partial charge < -0.3 is 4.74 Å². The van der Waals surface area contributed by atoms with Gasteiger partial charge in [-0.1, -0.05) is 26.7 Å². The molecule has 184 valence electrons. The smallest absolute Gasteiger partial charge is 0.386 e. The molecule has 0 spiro atoms. The number of carbonyl (C=O) groups excluding carboxylic acids is 1. The van der Waals surface area contributed by atoms with Crippen LogP contribution >= 0.6 is 0 Å². The number of halogens is 2. The Labute approximate surface area is 205 Å². The maximum atomic E-state index is 15.5. The van der Waals surface area contributed by atoms with Crippen LogP contribution in [0.25, 0.3) is 11.3 Å². The number of unbranched alkanes of at least 4 members (excludes halogenated alkanes) is 2. The molecule has 0 aliphatic carbocycles. The maximum absolute atomic E-state index is 15.5. The lowest BCUT2D eigenvalue weighted by Crippen LogP contribution is -2.58. The number of hydrogen-bond donors (Lipinski definition) is 0. The zero-order valence-corrected chi connectivity index (χ0v) is 21.1. The van der Waals surface area contributed by atoms with Crippen molar-refractivity contribution in [3.05, 3.63) is 70.9 Å². The van der Waals surface area contributed by atoms with Gasteiger partial charge in [-0.15, -0.1) is 0 Å². The van der Waals surface area contributed by atoms with E-state index >= 15 is 4.39 Å². The quantitative estimate of drug-likeness (QED) is 0.277. The van der Waals surface area contributed by atoms with Crippen LogP contribution in [0, 0.1) is 18.6 Å². The molecule has 0 fully saturated rings. The standard InChI is InChI=1S/C28H33F2N3O2/c1-6-8-9-10-18-11-12-32-22(13-18)24-20(14-19(29)15-21(24)30)28(4,7-2)25(32)26-33-17(3)31(5)16-23(33)27(34)35-26/h11-16,25-26H,6-10H2,1-5H3/q+2. The first-order chi connectivity index (χ1) is 16.7. The summed E-state index contributed by atoms with van der Waals surface area (Å²) < 4.78 is 41.9. The number of cyclic esters (lactones) is 1. The third-order valence-corrected chi connectivity index (χ3v) is 8.13. The number of nitrogens with zero attached hydrogens (tertiary/aromatic N) is 3. The Morgan fingerprint density at radius 3 is 2.66 bits per heavy atom. The molecule has 7 heteroatoms. The molecule has 0 N–H and O–H groups in total. The number of fused-ring (bicyclic) bond motifs is 4. The fourth-order valence-electron chi connectivity index (χ4n) is 5.92. The highest BCUT2D eigenvalue weighted by atomic mass is 19.1. The topological polar surface area (TPSA) is 39.0 Å². The number of aromatic nitrogens is 3. The van der Waals surface area contributed by atoms with Gasteiger partial charge in [0, 0.05) is 25.1 Å². The number of aryl methyl sites for hydroxylation is 2. The Morgan fingerprint density at radius 2 is 1.94 bits per heavy atom. The second-order valence-electron chi connectivity index (χ2n) is 10.1. The number of ether oxygens (including phenoxy) is 1. The SMILES string of the molecule is CCCCCc1cc[n+]2c(c1)-c1c(F)cc(F)cc1C(C)(CC)C2C1OC(=O)c2c[n+](C)c(C)n21. The fourth-order valence-corrected chi connectivity index (χ4v) is 5.92. The molecule has 2 aliphatic rings. The van der Waals surface area contributed by atoms with Crippen molar-refractivity contribution < 1.29 is 27.4 Å². The summed E-state index contributed by atoms with van der Waals surface area (Å²) >= 11 is 0. The minimum Gasteiger partial charge on any atom is -0.408 e. The van der Waals surface area contributed by atoms with Crippen LogP contribution in [0.5, 0.6) is 0 Å². The van der Waals surface area contributed by atoms with E-state index < -0.39 is 29.3 Å². The molecular formula is C28H33F2N3O2+2. The van der Waals surface area contributed by atoms with Gasteiger partial charge in [0.1, 0.15) is 17.8 Å². The van der Waals surface area contributed by atoms with E-state index in [0.29, 0.717) is 28.9 Å². The van der Waals surface area contributed by atoms with Crippen molar-refractivity contribution in [2.45, 2.75) is 77.5 Å². The van der Waals surface area contributed by atoms with Gasteiger partial charge in [-0.25, -0.2) is 18.1 Å². The first-order valence-electron chi connectivity index (χ1n) is 12.5. The van der Waals surface area contributed by atoms with Crippen molar-refractivity contribution in [3.8, 4) is 11.3 Å². The van der Waals surface area contributed by atoms with E-state index in [1.54, 1.807) is 6.20 Å². The number of esters is 1. The summed E-state index contributed by atoms with van der Waals surface area (Å²) in [5, 5.41) is 0. The van der Waals surface area contributed by atoms with Crippen LogP contribution in [0.3, 0.4) is 0 Å². The molecule has 3 aromatic rings. The first kappa shape index (κ1) is 23.6. The normalized spacial score (nSPS) is 22.5. The number of imidazole rings is 1. The average molecular weight is 482 g/mol. The number of benzene rings is 1. The minimum absolute atomic E-state index is 0.383. The number of hydrogen-bond acceptors (Lipinski definition) is 2. The number of carbonyl (C=O) groups is 1. The van der Waals surface area contributed by atoms with Crippen LogP contribution in [0.2, 0.25) is 0 Å². The van der Waals surface area contributed by atoms with Crippen LogP contribution in [0.15, 0.2) is 36.7 Å². The molecule has 0 bridgehead atoms. The van der Waals surface area contributed by atoms with Gasteiger partial charge in [0.15, 0.2) is 6.20 Å². The molecule has 0 saturated carbocycles. The minimum atomic E-state index is -0.693. The van der Waals surface area contributed by atoms with Crippen LogP contribution in [-0.2, 0) is 23.6 Å². The third kappa shape index (κ3) is 3.50. The Bertz CT molecular complexity index is 1330. The van der Waals surface area contributed by atoms with E-state index in [4.69, 9.17) is 4.74 Å². The molecule has 35 heavy (non-hydrogen) atoms. The molecule has 5 rings (SSSR count). The molecule has 5 nitrogen and oxygen atoms in total. The summed E-state index contributed by atoms with van der Waals surface area (Å²) in [5.74, 6) is -0.666. The second-order valence-corrected chi connectivity index (χ2v) is 10.1. The van der Waals surface area contributed by atoms with Crippen molar-refractivity contribution in [2.24, 2.45) is 7.05 Å². The van der Waals surface area contributed by atoms with Gasteiger partial charge >= 0.3 is 12.2 Å². The molecule has 4 heterocycles. The van der Waals surface area contributed by atoms with Gasteiger partial charge in [0.05, 0.1) is 18.0 Å². The molecule has 2 aliphatic heterocycles. The Kier molecular flexibility index (Phi) is 5.77. The van der Waals surface area contributed by atoms with E-state index in [0.717, 1.165) is 43.1 Å². The predicted molar refractivity (Wildman–Crippen MR) is 127 cm³/mol. The summed E-state index contributed by atoms with van der Waals surface area (Å²) in [7, 11) is 1.90. The van der Waals surface area contributed by atoms with Gasteiger partial charge in [0.25, 0.3) is 11.5 Å². The van der Waals surface area contributed by atoms with Crippen molar-refractivity contribution >= 4 is 5.97 Å². The van der Waals surface area contributed by atoms with Crippen molar-refractivity contribution in [1.82, 2.24) is 4.57 Å². The molecule has 0 saturated heterocycles. The van der Waals surface area contributed by atoms with E-state index in [1.165, 1.54) is 6.07 Å². The van der Waals surface area contributed by atoms with Crippen LogP contribution in [0.1, 0.15) is 86.2 Å². The summed E-state index contributed by atoms with van der Waals surface area (Å²) in [6.45, 7) is 8.15. The van der Waals surface area contributed by atoms with Crippen LogP contribution in [0.4, 0.5) is 8.78 Å². The second kappa shape index (κ2) is 8.54. The predicted octanol–water partition coefficient (Wildman–Crippen LogP) is 5.18. The Hall–Kier alpha value is -3.09. The largest absolute Gasteiger partial charge is 0.408 e. The summed E-state index contributed by atoms with van der Waals surface area (Å²) in [5.41, 5.74) is 2.66. The monoisotopic (exact) mass is 481 g/mol. The zero-order valence-electron chi connectivity index (χ0n) is 21.1. The number of pyridine rings is 1. The molecule has 0 radical (unpaired) electrons. The molecular weight excluding hydrogens is 448 g/mol. The summed E-state index contributed by atoms with van der Waals surface area (Å²) in [6, 6.07) is 6.14. The van der Waals surface area contributed by atoms with Crippen LogP contribution < -0.4 is 9.13 Å². The highest BCUT2D eigenvalue weighted by Gasteiger charge is 2.60. The Morgan fingerprint density at radius 1 is 1.17 bits per heavy atom. The van der Waals surface area contributed by atoms with E-state index in [9.17, 15) is 9.18 Å². The highest BCUT2D eigenvalue weighted by Crippen LogP contribution is 2.51. The van der Waals surface area contributed by atoms with E-state index in [-0.39, 0.29) is 5.97 Å². The molecule has 3 atom stereocenters. The highest BCUT2D eigenvalue weighted by molar-refractivity contribution is 5.89. The van der Waals surface area contributed by atoms with Gasteiger partial charge in [-0.05, 0) is 43.4 Å². The van der Waals surface area contributed by atoms with Gasteiger partial charge in [-0.3, -0.25) is 0 Å². The molecule has 2 aromatic heterocycles. The summed E-state index contributed by atoms with van der Waals surface area (Å²) in [6.07, 6.45) is 7.93. The molecule has 3 unspecified atom stereocenters. The molecule has 0 amide bonds. The Balaban J connectivity index is 1.76. The third-order valence-electron chi connectivity index (χ3n) is 8.13. The van der Waals surface area contributed by atoms with E-state index in [1.807, 2.05) is 53.8 Å². The lowest BCUT2D eigenvalue weighted by Gasteiger charge is -2.39. The lowest BCUT2D eigenvalue weighted by molar-refractivity contribution is -0.736. The number of rotatable bonds is 6. The maximum Gasteiger partial charge on any atom is 0.386 e. The van der Waals surface area contributed by atoms with Crippen molar-refractivity contribution in [2.75, 3.05) is 0 Å². The van der Waals surface area contributed by atoms with Crippen molar-refractivity contribution in [1.29, 1.82) is 0 Å². The summed E-state index contributed by atoms with van der Waals surface area (Å²) in [4.78, 5) is 12.9. The van der Waals surface area contributed by atoms with Crippen LogP contribution in [-0.4, -0.2) is 10.5 Å². The molecule has 1 aromatic carbocycles. The fraction of sp³-hybridized carbons (Fsp3) is 0.464.